The molecule has 0 saturated heterocycles. The minimum absolute atomic E-state index is 0.0496. The Morgan fingerprint density at radius 2 is 1.91 bits per heavy atom. The first-order valence-electron chi connectivity index (χ1n) is 10.9. The van der Waals surface area contributed by atoms with Crippen LogP contribution in [-0.2, 0) is 4.79 Å². The van der Waals surface area contributed by atoms with Crippen LogP contribution < -0.4 is 5.73 Å². The highest BCUT2D eigenvalue weighted by Gasteiger charge is 2.25. The van der Waals surface area contributed by atoms with Crippen molar-refractivity contribution in [3.8, 4) is 0 Å². The van der Waals surface area contributed by atoms with Gasteiger partial charge in [0.05, 0.1) is 6.10 Å². The lowest BCUT2D eigenvalue weighted by molar-refractivity contribution is -0.137. The Kier molecular flexibility index (Phi) is 12.4. The smallest absolute Gasteiger partial charge is 0.481 e. The molecule has 0 amide bonds. The van der Waals surface area contributed by atoms with E-state index < -0.39 is 18.4 Å². The number of aliphatic imine (C=N–C) groups is 1. The van der Waals surface area contributed by atoms with Gasteiger partial charge in [-0.1, -0.05) is 56.9 Å². The molecule has 178 valence electrons. The molecule has 32 heavy (non-hydrogen) atoms. The van der Waals surface area contributed by atoms with E-state index in [1.807, 2.05) is 12.2 Å². The van der Waals surface area contributed by atoms with Crippen LogP contribution in [0.25, 0.3) is 11.6 Å². The van der Waals surface area contributed by atoms with Gasteiger partial charge in [0.15, 0.2) is 0 Å². The van der Waals surface area contributed by atoms with Crippen molar-refractivity contribution in [3.05, 3.63) is 47.2 Å². The van der Waals surface area contributed by atoms with Crippen LogP contribution in [0.2, 0.25) is 0 Å². The third kappa shape index (κ3) is 11.1. The first kappa shape index (κ1) is 27.4. The standard InChI is InChI=1S/C24H33F3N2O3/c1-2-3-4-5-6-7-8-10-19-15-18(20(16-28)17-29-24(25,26)27)13-14-21(19)22(30)11-9-12-23(31)32/h8,10,13-17,22,30H,2-7,9,11-12,28H2,1H3,(H,31,32)/b10-8+,20-16+,29-17+. The molecule has 4 N–H and O–H groups in total. The van der Waals surface area contributed by atoms with Crippen molar-refractivity contribution in [1.29, 1.82) is 0 Å². The first-order chi connectivity index (χ1) is 15.2. The van der Waals surface area contributed by atoms with E-state index in [9.17, 15) is 23.1 Å². The summed E-state index contributed by atoms with van der Waals surface area (Å²) in [6.07, 6.45) is 7.01. The molecule has 0 aromatic heterocycles. The van der Waals surface area contributed by atoms with Crippen molar-refractivity contribution in [1.82, 2.24) is 0 Å². The van der Waals surface area contributed by atoms with Crippen molar-refractivity contribution in [2.24, 2.45) is 10.7 Å². The highest BCUT2D eigenvalue weighted by Crippen LogP contribution is 2.28. The zero-order valence-electron chi connectivity index (χ0n) is 18.4. The van der Waals surface area contributed by atoms with Crippen molar-refractivity contribution in [2.75, 3.05) is 0 Å². The number of carboxylic acid groups (broad SMARTS) is 1. The molecule has 0 bridgehead atoms. The largest absolute Gasteiger partial charge is 0.503 e. The zero-order chi connectivity index (χ0) is 24.0. The summed E-state index contributed by atoms with van der Waals surface area (Å²) in [5.74, 6) is -0.933. The number of aliphatic carboxylic acids is 1. The third-order valence-corrected chi connectivity index (χ3v) is 4.95. The number of hydrogen-bond donors (Lipinski definition) is 3. The van der Waals surface area contributed by atoms with Crippen molar-refractivity contribution >= 4 is 23.8 Å². The Labute approximate surface area is 187 Å². The summed E-state index contributed by atoms with van der Waals surface area (Å²) in [6, 6.07) is 4.86. The van der Waals surface area contributed by atoms with E-state index in [4.69, 9.17) is 10.8 Å². The van der Waals surface area contributed by atoms with Gasteiger partial charge in [-0.15, -0.1) is 13.2 Å². The predicted molar refractivity (Wildman–Crippen MR) is 122 cm³/mol. The maximum Gasteiger partial charge on any atom is 0.503 e. The number of aliphatic hydroxyl groups is 1. The summed E-state index contributed by atoms with van der Waals surface area (Å²) in [6.45, 7) is 2.15. The SMILES string of the molecule is CCCCCCC/C=C/c1cc(C(=C/N)/C=N/C(F)(F)F)ccc1C(O)CCCC(=O)O. The number of allylic oxidation sites excluding steroid dienone is 2. The summed E-state index contributed by atoms with van der Waals surface area (Å²) in [5.41, 5.74) is 7.29. The molecule has 1 rings (SSSR count). The van der Waals surface area contributed by atoms with E-state index in [1.165, 1.54) is 19.3 Å². The molecule has 0 fully saturated rings. The van der Waals surface area contributed by atoms with Gasteiger partial charge in [-0.2, -0.15) is 4.99 Å². The fraction of sp³-hybridized carbons (Fsp3) is 0.500. The number of nitrogens with zero attached hydrogens (tertiary/aromatic N) is 1. The molecule has 1 unspecified atom stereocenters. The number of benzene rings is 1. The highest BCUT2D eigenvalue weighted by atomic mass is 19.4. The fourth-order valence-electron chi connectivity index (χ4n) is 3.24. The Bertz CT molecular complexity index is 802. The summed E-state index contributed by atoms with van der Waals surface area (Å²) in [4.78, 5) is 13.3. The van der Waals surface area contributed by atoms with E-state index in [2.05, 4.69) is 11.9 Å². The second kappa shape index (κ2) is 14.5. The summed E-state index contributed by atoms with van der Waals surface area (Å²) in [7, 11) is 0. The first-order valence-corrected chi connectivity index (χ1v) is 10.9. The van der Waals surface area contributed by atoms with Crippen LogP contribution in [-0.4, -0.2) is 28.7 Å². The molecule has 0 saturated carbocycles. The van der Waals surface area contributed by atoms with E-state index in [1.54, 1.807) is 18.2 Å². The summed E-state index contributed by atoms with van der Waals surface area (Å²) >= 11 is 0. The van der Waals surface area contributed by atoms with Gasteiger partial charge < -0.3 is 15.9 Å². The van der Waals surface area contributed by atoms with Crippen LogP contribution in [0.4, 0.5) is 13.2 Å². The van der Waals surface area contributed by atoms with Crippen molar-refractivity contribution in [2.45, 2.75) is 77.1 Å². The lowest BCUT2D eigenvalue weighted by Crippen LogP contribution is -2.05. The Hall–Kier alpha value is -2.61. The molecule has 1 atom stereocenters. The Morgan fingerprint density at radius 1 is 1.19 bits per heavy atom. The van der Waals surface area contributed by atoms with Crippen LogP contribution in [0.3, 0.4) is 0 Å². The second-order valence-corrected chi connectivity index (χ2v) is 7.60. The molecule has 0 aliphatic carbocycles. The van der Waals surface area contributed by atoms with Gasteiger partial charge in [0.2, 0.25) is 0 Å². The maximum absolute atomic E-state index is 12.5. The lowest BCUT2D eigenvalue weighted by atomic mass is 9.94. The van der Waals surface area contributed by atoms with Crippen LogP contribution in [0.1, 0.15) is 87.5 Å². The molecular formula is C24H33F3N2O3. The number of unbranched alkanes of at least 4 members (excludes halogenated alkanes) is 5. The van der Waals surface area contributed by atoms with Gasteiger partial charge in [0, 0.05) is 24.4 Å². The van der Waals surface area contributed by atoms with E-state index in [0.29, 0.717) is 29.3 Å². The lowest BCUT2D eigenvalue weighted by Gasteiger charge is -2.15. The molecular weight excluding hydrogens is 421 g/mol. The average molecular weight is 455 g/mol. The minimum Gasteiger partial charge on any atom is -0.481 e. The fourth-order valence-corrected chi connectivity index (χ4v) is 3.24. The number of alkyl halides is 3. The van der Waals surface area contributed by atoms with Gasteiger partial charge in [0.25, 0.3) is 0 Å². The maximum atomic E-state index is 12.5. The van der Waals surface area contributed by atoms with Crippen LogP contribution >= 0.6 is 0 Å². The summed E-state index contributed by atoms with van der Waals surface area (Å²) in [5, 5.41) is 19.4. The number of carbonyl (C=O) groups is 1. The van der Waals surface area contributed by atoms with Crippen LogP contribution in [0.5, 0.6) is 0 Å². The second-order valence-electron chi connectivity index (χ2n) is 7.60. The van der Waals surface area contributed by atoms with E-state index in [-0.39, 0.29) is 18.4 Å². The third-order valence-electron chi connectivity index (χ3n) is 4.95. The Morgan fingerprint density at radius 3 is 2.53 bits per heavy atom. The molecule has 1 aromatic carbocycles. The molecule has 1 aromatic rings. The molecule has 0 aliphatic heterocycles. The number of nitrogens with two attached hydrogens (primary N) is 1. The van der Waals surface area contributed by atoms with Gasteiger partial charge >= 0.3 is 12.3 Å². The van der Waals surface area contributed by atoms with Gasteiger partial charge in [0.1, 0.15) is 0 Å². The molecule has 0 aliphatic rings. The monoisotopic (exact) mass is 454 g/mol. The number of hydrogen-bond acceptors (Lipinski definition) is 4. The number of carboxylic acids is 1. The molecule has 0 radical (unpaired) electrons. The Balaban J connectivity index is 3.07. The molecule has 5 nitrogen and oxygen atoms in total. The number of aliphatic hydroxyl groups excluding tert-OH is 1. The normalized spacial score (nSPS) is 13.8. The van der Waals surface area contributed by atoms with Crippen LogP contribution in [0.15, 0.2) is 35.5 Å². The van der Waals surface area contributed by atoms with Crippen molar-refractivity contribution < 1.29 is 28.2 Å². The van der Waals surface area contributed by atoms with Crippen molar-refractivity contribution in [3.63, 3.8) is 0 Å². The zero-order valence-corrected chi connectivity index (χ0v) is 18.4. The quantitative estimate of drug-likeness (QED) is 0.176. The van der Waals surface area contributed by atoms with E-state index in [0.717, 1.165) is 25.5 Å². The molecule has 8 heteroatoms. The predicted octanol–water partition coefficient (Wildman–Crippen LogP) is 6.24. The average Bonchev–Trinajstić information content (AvgIpc) is 2.72. The number of halogens is 3. The molecule has 0 heterocycles. The number of rotatable bonds is 14. The van der Waals surface area contributed by atoms with E-state index >= 15 is 0 Å². The van der Waals surface area contributed by atoms with Gasteiger partial charge in [-0.3, -0.25) is 4.79 Å². The van der Waals surface area contributed by atoms with Crippen LogP contribution in [0, 0.1) is 0 Å². The highest BCUT2D eigenvalue weighted by molar-refractivity contribution is 6.09. The molecule has 0 spiro atoms. The summed E-state index contributed by atoms with van der Waals surface area (Å²) < 4.78 is 37.4. The van der Waals surface area contributed by atoms with Gasteiger partial charge in [-0.05, 0) is 48.4 Å². The topological polar surface area (TPSA) is 95.9 Å². The minimum atomic E-state index is -4.70. The van der Waals surface area contributed by atoms with Gasteiger partial charge in [-0.25, -0.2) is 0 Å².